The second-order valence-corrected chi connectivity index (χ2v) is 9.59. The lowest BCUT2D eigenvalue weighted by molar-refractivity contribution is -0.136. The van der Waals surface area contributed by atoms with Crippen molar-refractivity contribution < 1.29 is 22.7 Å². The number of carbonyl (C=O) groups excluding carboxylic acids is 1. The average molecular weight is 531 g/mol. The molecule has 3 aromatic heterocycles. The van der Waals surface area contributed by atoms with E-state index < -0.39 is 17.7 Å². The Morgan fingerprint density at radius 1 is 1.00 bits per heavy atom. The van der Waals surface area contributed by atoms with Gasteiger partial charge in [-0.05, 0) is 81.6 Å². The molecule has 0 bridgehead atoms. The summed E-state index contributed by atoms with van der Waals surface area (Å²) in [5.74, 6) is -0.401. The molecule has 6 rings (SSSR count). The van der Waals surface area contributed by atoms with Crippen LogP contribution in [-0.4, -0.2) is 31.9 Å². The minimum Gasteiger partial charge on any atom is -0.462 e. The fourth-order valence-corrected chi connectivity index (χ4v) is 5.59. The normalized spacial score (nSPS) is 12.9. The van der Waals surface area contributed by atoms with Crippen LogP contribution in [0.1, 0.15) is 45.5 Å². The second kappa shape index (κ2) is 9.11. The molecule has 198 valence electrons. The molecule has 0 saturated carbocycles. The van der Waals surface area contributed by atoms with Crippen LogP contribution in [0.15, 0.2) is 60.7 Å². The number of hydrogen-bond acceptors (Lipinski definition) is 4. The number of rotatable bonds is 4. The van der Waals surface area contributed by atoms with Crippen molar-refractivity contribution in [3.63, 3.8) is 0 Å². The molecule has 3 heterocycles. The zero-order chi connectivity index (χ0) is 27.5. The Morgan fingerprint density at radius 3 is 2.38 bits per heavy atom. The van der Waals surface area contributed by atoms with Gasteiger partial charge in [0, 0.05) is 22.6 Å². The number of esters is 1. The summed E-state index contributed by atoms with van der Waals surface area (Å²) in [4.78, 5) is 17.0. The molecule has 1 aliphatic carbocycles. The summed E-state index contributed by atoms with van der Waals surface area (Å²) in [6, 6.07) is 18.0. The number of alkyl halides is 3. The van der Waals surface area contributed by atoms with Crippen LogP contribution in [0, 0.1) is 13.8 Å². The molecule has 0 spiro atoms. The number of fused-ring (bicyclic) bond motifs is 4. The van der Waals surface area contributed by atoms with Crippen LogP contribution in [0.3, 0.4) is 0 Å². The highest BCUT2D eigenvalue weighted by Gasteiger charge is 2.41. The molecule has 0 aliphatic heterocycles. The monoisotopic (exact) mass is 530 g/mol. The van der Waals surface area contributed by atoms with Gasteiger partial charge in [-0.15, -0.1) is 0 Å². The predicted octanol–water partition coefficient (Wildman–Crippen LogP) is 6.79. The lowest BCUT2D eigenvalue weighted by atomic mass is 9.88. The third-order valence-corrected chi connectivity index (χ3v) is 7.17. The Balaban J connectivity index is 1.57. The average Bonchev–Trinajstić information content (AvgIpc) is 3.43. The van der Waals surface area contributed by atoms with Crippen molar-refractivity contribution in [1.29, 1.82) is 0 Å². The summed E-state index contributed by atoms with van der Waals surface area (Å²) < 4.78 is 52.6. The number of halogens is 3. The lowest BCUT2D eigenvalue weighted by Crippen LogP contribution is -2.17. The molecule has 1 aliphatic rings. The van der Waals surface area contributed by atoms with Crippen LogP contribution >= 0.6 is 0 Å². The summed E-state index contributed by atoms with van der Waals surface area (Å²) >= 11 is 0. The molecule has 0 unspecified atom stereocenters. The van der Waals surface area contributed by atoms with E-state index in [4.69, 9.17) is 9.72 Å². The Hall–Kier alpha value is -4.40. The first kappa shape index (κ1) is 24.9. The van der Waals surface area contributed by atoms with Crippen molar-refractivity contribution in [2.24, 2.45) is 0 Å². The minimum absolute atomic E-state index is 0.0410. The fraction of sp³-hybridized carbons (Fsp3) is 0.233. The van der Waals surface area contributed by atoms with Gasteiger partial charge >= 0.3 is 12.1 Å². The van der Waals surface area contributed by atoms with Gasteiger partial charge in [-0.3, -0.25) is 0 Å². The molecule has 0 radical (unpaired) electrons. The van der Waals surface area contributed by atoms with E-state index in [1.807, 2.05) is 47.9 Å². The van der Waals surface area contributed by atoms with Crippen LogP contribution in [0.25, 0.3) is 33.7 Å². The molecule has 6 nitrogen and oxygen atoms in total. The van der Waals surface area contributed by atoms with E-state index in [-0.39, 0.29) is 35.3 Å². The molecule has 5 aromatic rings. The molecule has 0 saturated heterocycles. The largest absolute Gasteiger partial charge is 0.462 e. The van der Waals surface area contributed by atoms with E-state index in [9.17, 15) is 18.0 Å². The van der Waals surface area contributed by atoms with E-state index in [0.29, 0.717) is 28.9 Å². The maximum absolute atomic E-state index is 14.7. The lowest BCUT2D eigenvalue weighted by Gasteiger charge is -2.23. The molecule has 9 heteroatoms. The molecule has 0 fully saturated rings. The standard InChI is InChI=1S/C30H25F3N4O2/c1-4-39-29(38)19-10-12-20(13-11-19)36-17(2)16-23-24(36)15-14-22-26(30(31,32)33)25-18(3)35-37(28(25)34-27(22)23)21-8-6-5-7-9-21/h5-13,16H,4,14-15H2,1-3H3. The Bertz CT molecular complexity index is 1730. The van der Waals surface area contributed by atoms with Gasteiger partial charge in [-0.25, -0.2) is 14.5 Å². The van der Waals surface area contributed by atoms with Gasteiger partial charge < -0.3 is 9.30 Å². The summed E-state index contributed by atoms with van der Waals surface area (Å²) in [6.07, 6.45) is -3.96. The van der Waals surface area contributed by atoms with E-state index in [1.165, 1.54) is 4.68 Å². The quantitative estimate of drug-likeness (QED) is 0.240. The number of aromatic nitrogens is 4. The van der Waals surface area contributed by atoms with E-state index in [0.717, 1.165) is 17.1 Å². The first-order valence-corrected chi connectivity index (χ1v) is 12.7. The summed E-state index contributed by atoms with van der Waals surface area (Å²) in [7, 11) is 0. The van der Waals surface area contributed by atoms with Crippen molar-refractivity contribution >= 4 is 17.0 Å². The molecule has 0 atom stereocenters. The minimum atomic E-state index is -4.57. The van der Waals surface area contributed by atoms with Crippen LogP contribution in [0.5, 0.6) is 0 Å². The molecular weight excluding hydrogens is 505 g/mol. The third-order valence-electron chi connectivity index (χ3n) is 7.17. The third kappa shape index (κ3) is 4.00. The van der Waals surface area contributed by atoms with Crippen LogP contribution in [0.2, 0.25) is 0 Å². The maximum Gasteiger partial charge on any atom is 0.417 e. The Morgan fingerprint density at radius 2 is 1.72 bits per heavy atom. The number of carbonyl (C=O) groups is 1. The van der Waals surface area contributed by atoms with Gasteiger partial charge in [-0.1, -0.05) is 18.2 Å². The summed E-state index contributed by atoms with van der Waals surface area (Å²) in [6.45, 7) is 5.55. The summed E-state index contributed by atoms with van der Waals surface area (Å²) in [5, 5.41) is 4.52. The number of hydrogen-bond donors (Lipinski definition) is 0. The summed E-state index contributed by atoms with van der Waals surface area (Å²) in [5.41, 5.74) is 4.66. The van der Waals surface area contributed by atoms with Crippen LogP contribution in [-0.2, 0) is 23.8 Å². The first-order chi connectivity index (χ1) is 18.7. The molecule has 2 aromatic carbocycles. The van der Waals surface area contributed by atoms with Crippen LogP contribution < -0.4 is 0 Å². The highest BCUT2D eigenvalue weighted by Crippen LogP contribution is 2.46. The van der Waals surface area contributed by atoms with Crippen molar-refractivity contribution in [3.05, 3.63) is 94.4 Å². The van der Waals surface area contributed by atoms with Crippen molar-refractivity contribution in [3.8, 4) is 22.6 Å². The Kier molecular flexibility index (Phi) is 5.82. The van der Waals surface area contributed by atoms with Crippen molar-refractivity contribution in [2.45, 2.75) is 39.8 Å². The van der Waals surface area contributed by atoms with E-state index >= 15 is 0 Å². The van der Waals surface area contributed by atoms with Crippen molar-refractivity contribution in [1.82, 2.24) is 19.3 Å². The van der Waals surface area contributed by atoms with Gasteiger partial charge in [0.25, 0.3) is 0 Å². The fourth-order valence-electron chi connectivity index (χ4n) is 5.59. The Labute approximate surface area is 222 Å². The molecule has 0 N–H and O–H groups in total. The number of pyridine rings is 1. The number of ether oxygens (including phenoxy) is 1. The number of benzene rings is 2. The van der Waals surface area contributed by atoms with Gasteiger partial charge in [0.05, 0.1) is 40.2 Å². The molecular formula is C30H25F3N4O2. The number of aryl methyl sites for hydroxylation is 2. The van der Waals surface area contributed by atoms with Gasteiger partial charge in [0.15, 0.2) is 5.65 Å². The smallest absolute Gasteiger partial charge is 0.417 e. The highest BCUT2D eigenvalue weighted by molar-refractivity contribution is 5.91. The highest BCUT2D eigenvalue weighted by atomic mass is 19.4. The van der Waals surface area contributed by atoms with Gasteiger partial charge in [0.2, 0.25) is 0 Å². The number of para-hydroxylation sites is 1. The van der Waals surface area contributed by atoms with Crippen molar-refractivity contribution in [2.75, 3.05) is 6.61 Å². The predicted molar refractivity (Wildman–Crippen MR) is 141 cm³/mol. The SMILES string of the molecule is CCOC(=O)c1ccc(-n2c(C)cc3c2CCc2c-3nc3c(c(C)nn3-c3ccccc3)c2C(F)(F)F)cc1. The maximum atomic E-state index is 14.7. The van der Waals surface area contributed by atoms with Crippen LogP contribution in [0.4, 0.5) is 13.2 Å². The number of nitrogens with zero attached hydrogens (tertiary/aromatic N) is 4. The van der Waals surface area contributed by atoms with Gasteiger partial charge in [-0.2, -0.15) is 18.3 Å². The molecule has 39 heavy (non-hydrogen) atoms. The second-order valence-electron chi connectivity index (χ2n) is 9.59. The zero-order valence-corrected chi connectivity index (χ0v) is 21.6. The molecule has 0 amide bonds. The van der Waals surface area contributed by atoms with Gasteiger partial charge in [0.1, 0.15) is 0 Å². The van der Waals surface area contributed by atoms with E-state index in [2.05, 4.69) is 5.10 Å². The zero-order valence-electron chi connectivity index (χ0n) is 21.6. The first-order valence-electron chi connectivity index (χ1n) is 12.7. The van der Waals surface area contributed by atoms with E-state index in [1.54, 1.807) is 38.1 Å². The topological polar surface area (TPSA) is 61.9 Å².